The lowest BCUT2D eigenvalue weighted by molar-refractivity contribution is 0.0155. The van der Waals surface area contributed by atoms with Crippen molar-refractivity contribution in [1.29, 1.82) is 0 Å². The van der Waals surface area contributed by atoms with E-state index in [1.165, 1.54) is 0 Å². The predicted octanol–water partition coefficient (Wildman–Crippen LogP) is 2.04. The molecule has 21 heavy (non-hydrogen) atoms. The average Bonchev–Trinajstić information content (AvgIpc) is 2.87. The minimum atomic E-state index is -0.753. The molecule has 0 aromatic heterocycles. The Morgan fingerprint density at radius 2 is 2.10 bits per heavy atom. The Morgan fingerprint density at radius 3 is 2.71 bits per heavy atom. The minimum absolute atomic E-state index is 0.175. The van der Waals surface area contributed by atoms with Crippen LogP contribution in [0.15, 0.2) is 18.2 Å². The van der Waals surface area contributed by atoms with E-state index in [1.54, 1.807) is 30.1 Å². The second-order valence-electron chi connectivity index (χ2n) is 5.75. The van der Waals surface area contributed by atoms with Crippen LogP contribution in [0, 0.1) is 0 Å². The fourth-order valence-electron chi connectivity index (χ4n) is 2.94. The molecule has 0 aliphatic heterocycles. The van der Waals surface area contributed by atoms with E-state index in [1.807, 2.05) is 6.92 Å². The maximum absolute atomic E-state index is 12.6. The van der Waals surface area contributed by atoms with Gasteiger partial charge in [0.1, 0.15) is 0 Å². The van der Waals surface area contributed by atoms with Gasteiger partial charge in [0.2, 0.25) is 0 Å². The number of para-hydroxylation sites is 1. The van der Waals surface area contributed by atoms with Crippen LogP contribution >= 0.6 is 0 Å². The molecule has 1 aromatic rings. The first-order valence-corrected chi connectivity index (χ1v) is 7.46. The van der Waals surface area contributed by atoms with Crippen LogP contribution in [0.4, 0.5) is 5.69 Å². The molecule has 0 heterocycles. The summed E-state index contributed by atoms with van der Waals surface area (Å²) in [4.78, 5) is 14.2. The van der Waals surface area contributed by atoms with Crippen molar-refractivity contribution < 1.29 is 14.6 Å². The van der Waals surface area contributed by atoms with Crippen LogP contribution < -0.4 is 10.5 Å². The number of anilines is 1. The SMILES string of the molecule is CCOc1c(N)cccc1C(=O)N(C)CC1(O)CCCC1. The number of likely N-dealkylation sites (N-methyl/N-ethyl adjacent to an activating group) is 1. The number of benzene rings is 1. The summed E-state index contributed by atoms with van der Waals surface area (Å²) in [7, 11) is 1.71. The van der Waals surface area contributed by atoms with Crippen molar-refractivity contribution in [2.45, 2.75) is 38.2 Å². The lowest BCUT2D eigenvalue weighted by Crippen LogP contribution is -2.42. The lowest BCUT2D eigenvalue weighted by atomic mass is 10.0. The van der Waals surface area contributed by atoms with Crippen molar-refractivity contribution >= 4 is 11.6 Å². The Morgan fingerprint density at radius 1 is 1.43 bits per heavy atom. The van der Waals surface area contributed by atoms with Crippen molar-refractivity contribution in [3.05, 3.63) is 23.8 Å². The largest absolute Gasteiger partial charge is 0.491 e. The summed E-state index contributed by atoms with van der Waals surface area (Å²) in [6, 6.07) is 5.16. The van der Waals surface area contributed by atoms with Gasteiger partial charge in [0.25, 0.3) is 5.91 Å². The van der Waals surface area contributed by atoms with E-state index in [4.69, 9.17) is 10.5 Å². The third-order valence-corrected chi connectivity index (χ3v) is 3.98. The standard InChI is InChI=1S/C16H24N2O3/c1-3-21-14-12(7-6-8-13(14)17)15(19)18(2)11-16(20)9-4-5-10-16/h6-8,20H,3-5,9-11,17H2,1-2H3. The number of hydrogen-bond donors (Lipinski definition) is 2. The fourth-order valence-corrected chi connectivity index (χ4v) is 2.94. The first-order valence-electron chi connectivity index (χ1n) is 7.46. The van der Waals surface area contributed by atoms with Crippen molar-refractivity contribution in [3.8, 4) is 5.75 Å². The summed E-state index contributed by atoms with van der Waals surface area (Å²) >= 11 is 0. The van der Waals surface area contributed by atoms with Crippen molar-refractivity contribution in [3.63, 3.8) is 0 Å². The van der Waals surface area contributed by atoms with Crippen molar-refractivity contribution in [2.75, 3.05) is 25.9 Å². The van der Waals surface area contributed by atoms with E-state index in [9.17, 15) is 9.90 Å². The molecule has 5 nitrogen and oxygen atoms in total. The summed E-state index contributed by atoms with van der Waals surface area (Å²) in [6.45, 7) is 2.64. The Labute approximate surface area is 125 Å². The molecule has 1 fully saturated rings. The first-order chi connectivity index (χ1) is 9.97. The number of carbonyl (C=O) groups excluding carboxylic acids is 1. The number of hydrogen-bond acceptors (Lipinski definition) is 4. The van der Waals surface area contributed by atoms with Gasteiger partial charge < -0.3 is 20.5 Å². The zero-order chi connectivity index (χ0) is 15.5. The molecule has 1 aliphatic rings. The maximum atomic E-state index is 12.6. The van der Waals surface area contributed by atoms with Crippen LogP contribution in [-0.4, -0.2) is 41.7 Å². The normalized spacial score (nSPS) is 16.7. The van der Waals surface area contributed by atoms with E-state index in [0.29, 0.717) is 30.2 Å². The third kappa shape index (κ3) is 3.47. The highest BCUT2D eigenvalue weighted by Crippen LogP contribution is 2.31. The molecule has 1 saturated carbocycles. The van der Waals surface area contributed by atoms with Gasteiger partial charge in [-0.05, 0) is 31.9 Å². The van der Waals surface area contributed by atoms with Crippen LogP contribution in [0.2, 0.25) is 0 Å². The number of nitrogen functional groups attached to an aromatic ring is 1. The Kier molecular flexibility index (Phi) is 4.73. The quantitative estimate of drug-likeness (QED) is 0.814. The van der Waals surface area contributed by atoms with E-state index in [-0.39, 0.29) is 5.91 Å². The van der Waals surface area contributed by atoms with Gasteiger partial charge in [-0.25, -0.2) is 0 Å². The number of nitrogens with two attached hydrogens (primary N) is 1. The number of ether oxygens (including phenoxy) is 1. The molecule has 116 valence electrons. The van der Waals surface area contributed by atoms with Gasteiger partial charge in [0, 0.05) is 13.6 Å². The van der Waals surface area contributed by atoms with E-state index < -0.39 is 5.60 Å². The van der Waals surface area contributed by atoms with Crippen molar-refractivity contribution in [1.82, 2.24) is 4.90 Å². The number of nitrogens with zero attached hydrogens (tertiary/aromatic N) is 1. The molecule has 1 amide bonds. The van der Waals surface area contributed by atoms with E-state index in [0.717, 1.165) is 25.7 Å². The highest BCUT2D eigenvalue weighted by molar-refractivity contribution is 5.98. The van der Waals surface area contributed by atoms with Gasteiger partial charge in [-0.15, -0.1) is 0 Å². The molecule has 0 saturated heterocycles. The van der Waals surface area contributed by atoms with Crippen LogP contribution in [-0.2, 0) is 0 Å². The second-order valence-corrected chi connectivity index (χ2v) is 5.75. The smallest absolute Gasteiger partial charge is 0.257 e. The minimum Gasteiger partial charge on any atom is -0.491 e. The molecule has 1 aliphatic carbocycles. The Hall–Kier alpha value is -1.75. The zero-order valence-electron chi connectivity index (χ0n) is 12.8. The zero-order valence-corrected chi connectivity index (χ0v) is 12.8. The van der Waals surface area contributed by atoms with E-state index in [2.05, 4.69) is 0 Å². The molecule has 1 aromatic carbocycles. The van der Waals surface area contributed by atoms with Gasteiger partial charge in [0.05, 0.1) is 23.5 Å². The van der Waals surface area contributed by atoms with Gasteiger partial charge in [-0.3, -0.25) is 4.79 Å². The van der Waals surface area contributed by atoms with Crippen LogP contribution in [0.25, 0.3) is 0 Å². The Bertz CT molecular complexity index is 510. The molecule has 0 atom stereocenters. The van der Waals surface area contributed by atoms with Gasteiger partial charge in [-0.1, -0.05) is 18.9 Å². The van der Waals surface area contributed by atoms with Crippen molar-refractivity contribution in [2.24, 2.45) is 0 Å². The summed E-state index contributed by atoms with van der Waals surface area (Å²) in [5.41, 5.74) is 6.04. The van der Waals surface area contributed by atoms with Gasteiger partial charge in [-0.2, -0.15) is 0 Å². The monoisotopic (exact) mass is 292 g/mol. The molecule has 2 rings (SSSR count). The molecular formula is C16H24N2O3. The molecule has 0 radical (unpaired) electrons. The first kappa shape index (κ1) is 15.6. The molecular weight excluding hydrogens is 268 g/mol. The molecule has 0 spiro atoms. The third-order valence-electron chi connectivity index (χ3n) is 3.98. The molecule has 0 bridgehead atoms. The van der Waals surface area contributed by atoms with Crippen LogP contribution in [0.1, 0.15) is 43.0 Å². The summed E-state index contributed by atoms with van der Waals surface area (Å²) in [5, 5.41) is 10.4. The number of carbonyl (C=O) groups is 1. The number of rotatable bonds is 5. The summed E-state index contributed by atoms with van der Waals surface area (Å²) in [5.74, 6) is 0.251. The predicted molar refractivity (Wildman–Crippen MR) is 82.4 cm³/mol. The van der Waals surface area contributed by atoms with E-state index >= 15 is 0 Å². The van der Waals surface area contributed by atoms with Gasteiger partial charge >= 0.3 is 0 Å². The lowest BCUT2D eigenvalue weighted by Gasteiger charge is -2.29. The average molecular weight is 292 g/mol. The molecule has 0 unspecified atom stereocenters. The Balaban J connectivity index is 2.17. The molecule has 5 heteroatoms. The highest BCUT2D eigenvalue weighted by Gasteiger charge is 2.34. The van der Waals surface area contributed by atoms with Crippen LogP contribution in [0.3, 0.4) is 0 Å². The number of aliphatic hydroxyl groups is 1. The topological polar surface area (TPSA) is 75.8 Å². The summed E-state index contributed by atoms with van der Waals surface area (Å²) in [6.07, 6.45) is 3.53. The van der Waals surface area contributed by atoms with Crippen LogP contribution in [0.5, 0.6) is 5.75 Å². The second kappa shape index (κ2) is 6.35. The molecule has 3 N–H and O–H groups in total. The highest BCUT2D eigenvalue weighted by atomic mass is 16.5. The number of amides is 1. The maximum Gasteiger partial charge on any atom is 0.257 e. The van der Waals surface area contributed by atoms with Gasteiger partial charge in [0.15, 0.2) is 5.75 Å². The summed E-state index contributed by atoms with van der Waals surface area (Å²) < 4.78 is 5.50. The fraction of sp³-hybridized carbons (Fsp3) is 0.562.